The molecule has 1 rings (SSSR count). The first-order chi connectivity index (χ1) is 6.92. The Bertz CT molecular complexity index is 334. The molecule has 1 N–H and O–H groups in total. The van der Waals surface area contributed by atoms with Crippen LogP contribution in [0.15, 0.2) is 12.3 Å². The van der Waals surface area contributed by atoms with Crippen molar-refractivity contribution in [3.8, 4) is 5.88 Å². The minimum Gasteiger partial charge on any atom is -0.481 e. The van der Waals surface area contributed by atoms with Gasteiger partial charge < -0.3 is 10.1 Å². The monoisotopic (exact) mass is 228 g/mol. The van der Waals surface area contributed by atoms with Gasteiger partial charge in [0.15, 0.2) is 0 Å². The minimum absolute atomic E-state index is 0.0693. The predicted octanol–water partition coefficient (Wildman–Crippen LogP) is 2.63. The number of methoxy groups -OCH3 is 1. The molecule has 0 aliphatic rings. The van der Waals surface area contributed by atoms with Gasteiger partial charge in [0, 0.05) is 24.3 Å². The van der Waals surface area contributed by atoms with Crippen molar-refractivity contribution in [2.45, 2.75) is 32.9 Å². The molecule has 0 aliphatic heterocycles. The maximum Gasteiger partial charge on any atom is 0.213 e. The van der Waals surface area contributed by atoms with Crippen molar-refractivity contribution < 1.29 is 4.74 Å². The molecule has 0 bridgehead atoms. The molecule has 4 heteroatoms. The molecule has 0 amide bonds. The van der Waals surface area contributed by atoms with E-state index in [1.807, 2.05) is 6.07 Å². The number of halogens is 1. The Balaban J connectivity index is 2.75. The highest BCUT2D eigenvalue weighted by Crippen LogP contribution is 2.19. The first-order valence-electron chi connectivity index (χ1n) is 4.86. The number of hydrogen-bond donors (Lipinski definition) is 1. The smallest absolute Gasteiger partial charge is 0.213 e. The number of rotatable bonds is 3. The number of nitrogens with zero attached hydrogens (tertiary/aromatic N) is 1. The van der Waals surface area contributed by atoms with Crippen molar-refractivity contribution in [3.05, 3.63) is 22.8 Å². The third kappa shape index (κ3) is 4.06. The van der Waals surface area contributed by atoms with Gasteiger partial charge in [-0.1, -0.05) is 11.6 Å². The van der Waals surface area contributed by atoms with Crippen molar-refractivity contribution in [3.63, 3.8) is 0 Å². The van der Waals surface area contributed by atoms with E-state index in [1.54, 1.807) is 13.3 Å². The van der Waals surface area contributed by atoms with Gasteiger partial charge in [0.25, 0.3) is 0 Å². The lowest BCUT2D eigenvalue weighted by Crippen LogP contribution is -2.35. The molecule has 0 fully saturated rings. The lowest BCUT2D eigenvalue weighted by molar-refractivity contribution is 0.394. The van der Waals surface area contributed by atoms with Gasteiger partial charge in [0.1, 0.15) is 0 Å². The molecule has 1 aromatic heterocycles. The Morgan fingerprint density at radius 3 is 2.67 bits per heavy atom. The molecular formula is C11H17ClN2O. The Morgan fingerprint density at radius 1 is 1.47 bits per heavy atom. The molecule has 1 aromatic rings. The standard InChI is InChI=1S/C11H17ClN2O/c1-11(2,3)14-6-8-5-10(15-4)13-7-9(8)12/h5,7,14H,6H2,1-4H3. The van der Waals surface area contributed by atoms with Gasteiger partial charge in [-0.25, -0.2) is 4.98 Å². The zero-order valence-corrected chi connectivity index (χ0v) is 10.4. The van der Waals surface area contributed by atoms with Crippen LogP contribution in [-0.4, -0.2) is 17.6 Å². The second-order valence-corrected chi connectivity index (χ2v) is 4.83. The van der Waals surface area contributed by atoms with E-state index < -0.39 is 0 Å². The normalized spacial score (nSPS) is 11.5. The maximum atomic E-state index is 6.02. The van der Waals surface area contributed by atoms with E-state index in [0.29, 0.717) is 17.4 Å². The second kappa shape index (κ2) is 4.81. The zero-order valence-electron chi connectivity index (χ0n) is 9.60. The van der Waals surface area contributed by atoms with E-state index in [-0.39, 0.29) is 5.54 Å². The van der Waals surface area contributed by atoms with Crippen LogP contribution in [0.5, 0.6) is 5.88 Å². The Kier molecular flexibility index (Phi) is 3.94. The molecule has 0 radical (unpaired) electrons. The molecule has 1 heterocycles. The molecule has 0 spiro atoms. The number of pyridine rings is 1. The first-order valence-corrected chi connectivity index (χ1v) is 5.23. The van der Waals surface area contributed by atoms with Crippen LogP contribution in [0.2, 0.25) is 5.02 Å². The zero-order chi connectivity index (χ0) is 11.5. The molecule has 84 valence electrons. The summed E-state index contributed by atoms with van der Waals surface area (Å²) in [4.78, 5) is 4.02. The molecule has 0 saturated heterocycles. The molecule has 0 unspecified atom stereocenters. The first kappa shape index (κ1) is 12.3. The van der Waals surface area contributed by atoms with Crippen molar-refractivity contribution in [2.75, 3.05) is 7.11 Å². The predicted molar refractivity (Wildman–Crippen MR) is 62.4 cm³/mol. The molecule has 0 saturated carbocycles. The van der Waals surface area contributed by atoms with Crippen LogP contribution in [0.1, 0.15) is 26.3 Å². The van der Waals surface area contributed by atoms with Gasteiger partial charge in [-0.2, -0.15) is 0 Å². The van der Waals surface area contributed by atoms with Crippen molar-refractivity contribution >= 4 is 11.6 Å². The average molecular weight is 229 g/mol. The third-order valence-corrected chi connectivity index (χ3v) is 2.27. The summed E-state index contributed by atoms with van der Waals surface area (Å²) in [6, 6.07) is 1.85. The van der Waals surface area contributed by atoms with Crippen molar-refractivity contribution in [2.24, 2.45) is 0 Å². The van der Waals surface area contributed by atoms with Crippen LogP contribution in [0, 0.1) is 0 Å². The largest absolute Gasteiger partial charge is 0.481 e. The minimum atomic E-state index is 0.0693. The summed E-state index contributed by atoms with van der Waals surface area (Å²) in [5.41, 5.74) is 1.07. The summed E-state index contributed by atoms with van der Waals surface area (Å²) in [7, 11) is 1.59. The number of aromatic nitrogens is 1. The summed E-state index contributed by atoms with van der Waals surface area (Å²) in [6.45, 7) is 7.04. The van der Waals surface area contributed by atoms with E-state index in [1.165, 1.54) is 0 Å². The fourth-order valence-corrected chi connectivity index (χ4v) is 1.24. The lowest BCUT2D eigenvalue weighted by Gasteiger charge is -2.21. The van der Waals surface area contributed by atoms with E-state index in [0.717, 1.165) is 5.56 Å². The van der Waals surface area contributed by atoms with Crippen LogP contribution in [0.25, 0.3) is 0 Å². The fraction of sp³-hybridized carbons (Fsp3) is 0.545. The number of ether oxygens (including phenoxy) is 1. The van der Waals surface area contributed by atoms with Gasteiger partial charge in [-0.05, 0) is 26.3 Å². The van der Waals surface area contributed by atoms with Gasteiger partial charge in [0.2, 0.25) is 5.88 Å². The number of hydrogen-bond acceptors (Lipinski definition) is 3. The summed E-state index contributed by atoms with van der Waals surface area (Å²) in [5, 5.41) is 4.02. The van der Waals surface area contributed by atoms with E-state index in [2.05, 4.69) is 31.1 Å². The molecule has 0 aliphatic carbocycles. The van der Waals surface area contributed by atoms with Crippen LogP contribution in [-0.2, 0) is 6.54 Å². The summed E-state index contributed by atoms with van der Waals surface area (Å²) >= 11 is 6.02. The van der Waals surface area contributed by atoms with Crippen molar-refractivity contribution in [1.82, 2.24) is 10.3 Å². The summed E-state index contributed by atoms with van der Waals surface area (Å²) in [6.07, 6.45) is 1.61. The van der Waals surface area contributed by atoms with E-state index in [9.17, 15) is 0 Å². The van der Waals surface area contributed by atoms with Gasteiger partial charge in [0.05, 0.1) is 12.1 Å². The molecule has 0 aromatic carbocycles. The Hall–Kier alpha value is -0.800. The Morgan fingerprint density at radius 2 is 2.13 bits per heavy atom. The van der Waals surface area contributed by atoms with E-state index >= 15 is 0 Å². The van der Waals surface area contributed by atoms with Gasteiger partial charge >= 0.3 is 0 Å². The van der Waals surface area contributed by atoms with Crippen LogP contribution in [0.3, 0.4) is 0 Å². The van der Waals surface area contributed by atoms with Gasteiger partial charge in [-0.15, -0.1) is 0 Å². The highest BCUT2D eigenvalue weighted by Gasteiger charge is 2.10. The topological polar surface area (TPSA) is 34.1 Å². The SMILES string of the molecule is COc1cc(CNC(C)(C)C)c(Cl)cn1. The van der Waals surface area contributed by atoms with Crippen LogP contribution in [0.4, 0.5) is 0 Å². The molecule has 0 atom stereocenters. The highest BCUT2D eigenvalue weighted by molar-refractivity contribution is 6.31. The average Bonchev–Trinajstić information content (AvgIpc) is 2.15. The van der Waals surface area contributed by atoms with Crippen molar-refractivity contribution in [1.29, 1.82) is 0 Å². The lowest BCUT2D eigenvalue weighted by atomic mass is 10.1. The molecule has 3 nitrogen and oxygen atoms in total. The number of nitrogens with one attached hydrogen (secondary N) is 1. The third-order valence-electron chi connectivity index (χ3n) is 1.93. The quantitative estimate of drug-likeness (QED) is 0.864. The van der Waals surface area contributed by atoms with Crippen LogP contribution < -0.4 is 10.1 Å². The van der Waals surface area contributed by atoms with Crippen LogP contribution >= 0.6 is 11.6 Å². The highest BCUT2D eigenvalue weighted by atomic mass is 35.5. The summed E-state index contributed by atoms with van der Waals surface area (Å²) in [5.74, 6) is 0.588. The summed E-state index contributed by atoms with van der Waals surface area (Å²) < 4.78 is 5.04. The van der Waals surface area contributed by atoms with E-state index in [4.69, 9.17) is 16.3 Å². The molecule has 15 heavy (non-hydrogen) atoms. The second-order valence-electron chi connectivity index (χ2n) is 4.42. The maximum absolute atomic E-state index is 6.02. The fourth-order valence-electron chi connectivity index (χ4n) is 1.07. The Labute approximate surface area is 95.8 Å². The van der Waals surface area contributed by atoms with Gasteiger partial charge in [-0.3, -0.25) is 0 Å². The molecular weight excluding hydrogens is 212 g/mol.